The first-order valence-corrected chi connectivity index (χ1v) is 19.6. The molecule has 5 heteroatoms. The minimum atomic E-state index is -0.974. The zero-order valence-electron chi connectivity index (χ0n) is 35.3. The second kappa shape index (κ2) is 18.4. The molecule has 0 saturated heterocycles. The van der Waals surface area contributed by atoms with Crippen molar-refractivity contribution >= 4 is 16.6 Å². The van der Waals surface area contributed by atoms with E-state index in [0.717, 1.165) is 67.5 Å². The number of methoxy groups -OCH3 is 2. The zero-order chi connectivity index (χ0) is 41.4. The smallest absolute Gasteiger partial charge is 0.182 e. The molecule has 1 atom stereocenters. The fraction of sp³-hybridized carbons (Fsp3) is 0.314. The lowest BCUT2D eigenvalue weighted by atomic mass is 9.68. The number of Topliss-reactive ketones (excluding diaryl/α,β-unsaturated/α-hetero) is 1. The lowest BCUT2D eigenvalue weighted by Crippen LogP contribution is -2.35. The van der Waals surface area contributed by atoms with E-state index >= 15 is 0 Å². The highest BCUT2D eigenvalue weighted by Crippen LogP contribution is 2.51. The van der Waals surface area contributed by atoms with Crippen LogP contribution in [0.1, 0.15) is 105 Å². The van der Waals surface area contributed by atoms with Crippen LogP contribution in [-0.2, 0) is 10.8 Å². The average Bonchev–Trinajstić information content (AvgIpc) is 3.46. The van der Waals surface area contributed by atoms with Crippen molar-refractivity contribution in [1.29, 1.82) is 0 Å². The summed E-state index contributed by atoms with van der Waals surface area (Å²) in [4.78, 5) is 14.2. The largest absolute Gasteiger partial charge is 0.508 e. The molecule has 0 amide bonds. The van der Waals surface area contributed by atoms with Crippen LogP contribution in [-0.4, -0.2) is 30.2 Å². The Morgan fingerprint density at radius 1 is 0.625 bits per heavy atom. The highest BCUT2D eigenvalue weighted by atomic mass is 16.5. The van der Waals surface area contributed by atoms with Crippen molar-refractivity contribution in [2.24, 2.45) is 11.8 Å². The maximum absolute atomic E-state index is 14.2. The van der Waals surface area contributed by atoms with E-state index in [-0.39, 0.29) is 16.9 Å². The van der Waals surface area contributed by atoms with Crippen molar-refractivity contribution in [2.75, 3.05) is 14.2 Å². The Labute approximate surface area is 335 Å². The molecule has 6 aromatic carbocycles. The van der Waals surface area contributed by atoms with Gasteiger partial charge in [-0.15, -0.1) is 0 Å². The summed E-state index contributed by atoms with van der Waals surface area (Å²) >= 11 is 0. The average molecular weight is 753 g/mol. The second-order valence-electron chi connectivity index (χ2n) is 15.4. The van der Waals surface area contributed by atoms with E-state index in [9.17, 15) is 15.0 Å². The fourth-order valence-corrected chi connectivity index (χ4v) is 6.96. The molecule has 56 heavy (non-hydrogen) atoms. The van der Waals surface area contributed by atoms with Gasteiger partial charge in [0.05, 0.1) is 14.2 Å². The number of hydrogen-bond donors (Lipinski definition) is 2. The summed E-state index contributed by atoms with van der Waals surface area (Å²) < 4.78 is 10.6. The van der Waals surface area contributed by atoms with E-state index in [1.54, 1.807) is 32.4 Å². The van der Waals surface area contributed by atoms with Crippen LogP contribution in [0.2, 0.25) is 0 Å². The second-order valence-corrected chi connectivity index (χ2v) is 15.4. The number of ether oxygens (including phenoxy) is 2. The minimum absolute atomic E-state index is 0.0592. The summed E-state index contributed by atoms with van der Waals surface area (Å²) in [5, 5.41) is 21.5. The Morgan fingerprint density at radius 2 is 1.14 bits per heavy atom. The molecule has 1 unspecified atom stereocenters. The molecule has 0 aliphatic heterocycles. The molecule has 294 valence electrons. The molecule has 0 bridgehead atoms. The number of carbonyl (C=O) groups is 1. The topological polar surface area (TPSA) is 76.0 Å². The number of hydrogen-bond acceptors (Lipinski definition) is 5. The van der Waals surface area contributed by atoms with Gasteiger partial charge in [0, 0.05) is 11.0 Å². The first-order valence-electron chi connectivity index (χ1n) is 19.6. The van der Waals surface area contributed by atoms with E-state index < -0.39 is 5.41 Å². The SMILES string of the molecule is CC.CC(C)C(C)C.COc1ccc(C(C)(C)c2ccc(O)cc2)cc1.COc1ccc(C2(c3ccc(O)c(C)c3)C(=O)c3cccc4cccc2c34)cc1C. The van der Waals surface area contributed by atoms with Crippen LogP contribution >= 0.6 is 0 Å². The molecule has 0 heterocycles. The molecule has 1 aliphatic carbocycles. The first-order chi connectivity index (χ1) is 26.7. The van der Waals surface area contributed by atoms with E-state index in [1.807, 2.05) is 113 Å². The number of rotatable bonds is 7. The van der Waals surface area contributed by atoms with Gasteiger partial charge in [0.25, 0.3) is 0 Å². The van der Waals surface area contributed by atoms with Crippen LogP contribution in [0.4, 0.5) is 0 Å². The molecule has 0 spiro atoms. The van der Waals surface area contributed by atoms with Crippen LogP contribution in [0.25, 0.3) is 10.8 Å². The quantitative estimate of drug-likeness (QED) is 0.170. The first kappa shape index (κ1) is 43.2. The lowest BCUT2D eigenvalue weighted by molar-refractivity contribution is 0.0944. The van der Waals surface area contributed by atoms with Gasteiger partial charge >= 0.3 is 0 Å². The highest BCUT2D eigenvalue weighted by molar-refractivity contribution is 6.23. The van der Waals surface area contributed by atoms with E-state index in [1.165, 1.54) is 11.1 Å². The van der Waals surface area contributed by atoms with Gasteiger partial charge in [-0.2, -0.15) is 0 Å². The number of carbonyl (C=O) groups excluding carboxylic acids is 1. The van der Waals surface area contributed by atoms with Crippen LogP contribution in [0.3, 0.4) is 0 Å². The maximum Gasteiger partial charge on any atom is 0.182 e. The minimum Gasteiger partial charge on any atom is -0.508 e. The number of phenolic OH excluding ortho intramolecular Hbond substituents is 2. The molecule has 2 N–H and O–H groups in total. The number of aromatic hydroxyl groups is 2. The van der Waals surface area contributed by atoms with Crippen molar-refractivity contribution in [2.45, 2.75) is 80.1 Å². The molecule has 0 fully saturated rings. The summed E-state index contributed by atoms with van der Waals surface area (Å²) in [6, 6.07) is 38.9. The predicted molar refractivity (Wildman–Crippen MR) is 233 cm³/mol. The van der Waals surface area contributed by atoms with Crippen molar-refractivity contribution in [1.82, 2.24) is 0 Å². The zero-order valence-corrected chi connectivity index (χ0v) is 35.3. The molecule has 5 nitrogen and oxygen atoms in total. The highest BCUT2D eigenvalue weighted by Gasteiger charge is 2.50. The molecule has 0 radical (unpaired) electrons. The summed E-state index contributed by atoms with van der Waals surface area (Å²) in [6.07, 6.45) is 0. The monoisotopic (exact) mass is 752 g/mol. The summed E-state index contributed by atoms with van der Waals surface area (Å²) in [6.45, 7) is 21.2. The molecule has 6 aromatic rings. The predicted octanol–water partition coefficient (Wildman–Crippen LogP) is 12.8. The third-order valence-electron chi connectivity index (χ3n) is 11.1. The van der Waals surface area contributed by atoms with Crippen LogP contribution < -0.4 is 9.47 Å². The molecule has 0 saturated carbocycles. The third-order valence-corrected chi connectivity index (χ3v) is 11.1. The van der Waals surface area contributed by atoms with Crippen molar-refractivity contribution in [3.8, 4) is 23.0 Å². The van der Waals surface area contributed by atoms with E-state index in [2.05, 4.69) is 59.7 Å². The summed E-state index contributed by atoms with van der Waals surface area (Å²) in [5.74, 6) is 3.93. The number of benzene rings is 6. The lowest BCUT2D eigenvalue weighted by Gasteiger charge is -2.31. The Bertz CT molecular complexity index is 2220. The van der Waals surface area contributed by atoms with Crippen molar-refractivity contribution < 1.29 is 24.5 Å². The van der Waals surface area contributed by atoms with E-state index in [0.29, 0.717) is 5.75 Å². The Morgan fingerprint density at radius 3 is 1.64 bits per heavy atom. The van der Waals surface area contributed by atoms with Gasteiger partial charge in [-0.25, -0.2) is 0 Å². The standard InChI is InChI=1S/C27H22O3.C16H18O2.C6H14.C2H6/c1-16-14-19(10-12-23(16)28)27(20-11-13-24(30-3)17(2)15-20)22-9-5-7-18-6-4-8-21(25(18)22)26(27)29;1-16(2,12-4-8-14(17)9-5-12)13-6-10-15(18-3)11-7-13;1-5(2)6(3)4;1-2/h4-15,28H,1-3H3;4-11,17H,1-3H3;5-6H,1-4H3;1-2H3. The maximum atomic E-state index is 14.2. The van der Waals surface area contributed by atoms with Crippen molar-refractivity contribution in [3.05, 3.63) is 166 Å². The van der Waals surface area contributed by atoms with Gasteiger partial charge in [0.15, 0.2) is 5.78 Å². The molecule has 0 aromatic heterocycles. The Kier molecular flexibility index (Phi) is 14.2. The molecule has 1 aliphatic rings. The van der Waals surface area contributed by atoms with Gasteiger partial charge in [-0.3, -0.25) is 4.79 Å². The number of aryl methyl sites for hydroxylation is 2. The Hall–Kier alpha value is -5.55. The summed E-state index contributed by atoms with van der Waals surface area (Å²) in [5.41, 5.74) is 6.51. The molecule has 7 rings (SSSR count). The molecular formula is C51H60O5. The Balaban J connectivity index is 0.000000227. The number of phenols is 2. The summed E-state index contributed by atoms with van der Waals surface area (Å²) in [7, 11) is 3.32. The molecular weight excluding hydrogens is 693 g/mol. The van der Waals surface area contributed by atoms with Crippen LogP contribution in [0, 0.1) is 25.7 Å². The van der Waals surface area contributed by atoms with Gasteiger partial charge in [0.1, 0.15) is 28.4 Å². The normalized spacial score (nSPS) is 14.3. The van der Waals surface area contributed by atoms with Crippen LogP contribution in [0.15, 0.2) is 121 Å². The number of ketones is 1. The van der Waals surface area contributed by atoms with Gasteiger partial charge in [-0.1, -0.05) is 140 Å². The van der Waals surface area contributed by atoms with Gasteiger partial charge in [0.2, 0.25) is 0 Å². The van der Waals surface area contributed by atoms with Gasteiger partial charge in [-0.05, 0) is 112 Å². The van der Waals surface area contributed by atoms with Gasteiger partial charge < -0.3 is 19.7 Å². The third kappa shape index (κ3) is 8.63. The fourth-order valence-electron chi connectivity index (χ4n) is 6.96. The van der Waals surface area contributed by atoms with Crippen LogP contribution in [0.5, 0.6) is 23.0 Å². The van der Waals surface area contributed by atoms with Crippen molar-refractivity contribution in [3.63, 3.8) is 0 Å². The van der Waals surface area contributed by atoms with E-state index in [4.69, 9.17) is 9.47 Å².